The minimum atomic E-state index is -0.738. The molecule has 0 spiro atoms. The maximum Gasteiger partial charge on any atom is 0.210 e. The summed E-state index contributed by atoms with van der Waals surface area (Å²) in [4.78, 5) is 3.63. The van der Waals surface area contributed by atoms with Crippen LogP contribution in [0, 0.1) is 11.6 Å². The van der Waals surface area contributed by atoms with Gasteiger partial charge in [0.15, 0.2) is 11.6 Å². The van der Waals surface area contributed by atoms with Crippen molar-refractivity contribution in [3.8, 4) is 0 Å². The molecule has 0 atom stereocenters. The zero-order valence-electron chi connectivity index (χ0n) is 7.81. The van der Waals surface area contributed by atoms with Gasteiger partial charge < -0.3 is 5.32 Å². The molecule has 4 nitrogen and oxygen atoms in total. The number of halogens is 3. The first-order valence-electron chi connectivity index (χ1n) is 3.93. The maximum atomic E-state index is 13.3. The molecule has 0 radical (unpaired) electrons. The van der Waals surface area contributed by atoms with Gasteiger partial charge in [0.2, 0.25) is 5.96 Å². The normalized spacial score (nSPS) is 11.4. The van der Waals surface area contributed by atoms with E-state index < -0.39 is 11.6 Å². The number of nitrogens with zero attached hydrogens (tertiary/aromatic N) is 1. The van der Waals surface area contributed by atoms with Crippen LogP contribution in [0.1, 0.15) is 0 Å². The molecule has 0 saturated heterocycles. The van der Waals surface area contributed by atoms with Gasteiger partial charge in [0.1, 0.15) is 5.69 Å². The third-order valence-electron chi connectivity index (χ3n) is 1.61. The Bertz CT molecular complexity index is 371. The van der Waals surface area contributed by atoms with Crippen LogP contribution in [0.4, 0.5) is 14.5 Å². The van der Waals surface area contributed by atoms with Crippen LogP contribution in [-0.2, 0) is 0 Å². The molecule has 7 heteroatoms. The van der Waals surface area contributed by atoms with Crippen LogP contribution < -0.4 is 16.6 Å². The quantitative estimate of drug-likeness (QED) is 0.316. The van der Waals surface area contributed by atoms with Gasteiger partial charge >= 0.3 is 0 Å². The minimum Gasteiger partial charge on any atom is -0.320 e. The average molecular weight is 279 g/mol. The molecule has 0 amide bonds. The molecule has 0 aliphatic rings. The summed E-state index contributed by atoms with van der Waals surface area (Å²) in [5.74, 6) is 3.65. The number of rotatable bonds is 1. The number of benzene rings is 1. The molecule has 1 aromatic rings. The second-order valence-electron chi connectivity index (χ2n) is 2.59. The lowest BCUT2D eigenvalue weighted by atomic mass is 10.3. The van der Waals surface area contributed by atoms with E-state index in [1.807, 2.05) is 0 Å². The van der Waals surface area contributed by atoms with E-state index in [-0.39, 0.29) is 11.6 Å². The molecule has 0 saturated carbocycles. The number of hydrogen-bond acceptors (Lipinski definition) is 2. The van der Waals surface area contributed by atoms with Crippen molar-refractivity contribution in [2.45, 2.75) is 0 Å². The van der Waals surface area contributed by atoms with Gasteiger partial charge in [0.05, 0.1) is 0 Å². The standard InChI is InChI=1S/C8H9BrF2N4/c1-13-8(15-12)14-7-5(10)2-4(9)3-6(7)11/h2-3H,12H2,1H3,(H2,13,14,15). The van der Waals surface area contributed by atoms with Crippen molar-refractivity contribution in [2.75, 3.05) is 12.4 Å². The zero-order valence-corrected chi connectivity index (χ0v) is 9.40. The summed E-state index contributed by atoms with van der Waals surface area (Å²) in [5, 5.41) is 2.39. The van der Waals surface area contributed by atoms with Crippen LogP contribution in [-0.4, -0.2) is 13.0 Å². The second-order valence-corrected chi connectivity index (χ2v) is 3.50. The summed E-state index contributed by atoms with van der Waals surface area (Å²) >= 11 is 2.97. The molecule has 82 valence electrons. The summed E-state index contributed by atoms with van der Waals surface area (Å²) in [7, 11) is 1.43. The second kappa shape index (κ2) is 5.04. The fourth-order valence-electron chi connectivity index (χ4n) is 0.937. The van der Waals surface area contributed by atoms with Gasteiger partial charge in [-0.15, -0.1) is 0 Å². The molecule has 0 aromatic heterocycles. The number of nitrogens with one attached hydrogen (secondary N) is 2. The Morgan fingerprint density at radius 3 is 2.33 bits per heavy atom. The number of aliphatic imine (C=N–C) groups is 1. The van der Waals surface area contributed by atoms with E-state index in [0.717, 1.165) is 12.1 Å². The molecule has 0 aliphatic heterocycles. The molecule has 0 bridgehead atoms. The molecule has 0 aliphatic carbocycles. The Kier molecular flexibility index (Phi) is 3.98. The molecule has 4 N–H and O–H groups in total. The lowest BCUT2D eigenvalue weighted by Gasteiger charge is -2.10. The fraction of sp³-hybridized carbons (Fsp3) is 0.125. The average Bonchev–Trinajstić information content (AvgIpc) is 2.17. The highest BCUT2D eigenvalue weighted by Crippen LogP contribution is 2.23. The van der Waals surface area contributed by atoms with Crippen molar-refractivity contribution in [3.63, 3.8) is 0 Å². The number of hydrazine groups is 1. The third-order valence-corrected chi connectivity index (χ3v) is 2.07. The van der Waals surface area contributed by atoms with Crippen LogP contribution in [0.15, 0.2) is 21.6 Å². The summed E-state index contributed by atoms with van der Waals surface area (Å²) in [6.07, 6.45) is 0. The van der Waals surface area contributed by atoms with Gasteiger partial charge in [0, 0.05) is 11.5 Å². The van der Waals surface area contributed by atoms with Gasteiger partial charge in [-0.05, 0) is 12.1 Å². The Hall–Kier alpha value is -1.21. The van der Waals surface area contributed by atoms with Crippen molar-refractivity contribution < 1.29 is 8.78 Å². The number of nitrogens with two attached hydrogens (primary N) is 1. The molecular weight excluding hydrogens is 270 g/mol. The number of hydrogen-bond donors (Lipinski definition) is 3. The number of anilines is 1. The predicted molar refractivity (Wildman–Crippen MR) is 58.4 cm³/mol. The first-order chi connectivity index (χ1) is 7.08. The summed E-state index contributed by atoms with van der Waals surface area (Å²) in [6, 6.07) is 2.27. The smallest absolute Gasteiger partial charge is 0.210 e. The lowest BCUT2D eigenvalue weighted by Crippen LogP contribution is -2.36. The van der Waals surface area contributed by atoms with Crippen LogP contribution in [0.5, 0.6) is 0 Å². The Balaban J connectivity index is 3.05. The molecular formula is C8H9BrF2N4. The van der Waals surface area contributed by atoms with Gasteiger partial charge in [-0.1, -0.05) is 15.9 Å². The van der Waals surface area contributed by atoms with Crippen molar-refractivity contribution in [2.24, 2.45) is 10.8 Å². The van der Waals surface area contributed by atoms with Crippen molar-refractivity contribution in [3.05, 3.63) is 28.2 Å². The Labute approximate surface area is 93.7 Å². The predicted octanol–water partition coefficient (Wildman–Crippen LogP) is 1.59. The zero-order chi connectivity index (χ0) is 11.4. The summed E-state index contributed by atoms with van der Waals surface area (Å²) < 4.78 is 26.9. The molecule has 1 aromatic carbocycles. The van der Waals surface area contributed by atoms with Crippen LogP contribution in [0.25, 0.3) is 0 Å². The van der Waals surface area contributed by atoms with Crippen molar-refractivity contribution >= 4 is 27.6 Å². The highest BCUT2D eigenvalue weighted by molar-refractivity contribution is 9.10. The Morgan fingerprint density at radius 1 is 1.40 bits per heavy atom. The topological polar surface area (TPSA) is 62.4 Å². The van der Waals surface area contributed by atoms with E-state index in [2.05, 4.69) is 31.7 Å². The van der Waals surface area contributed by atoms with E-state index in [4.69, 9.17) is 5.84 Å². The molecule has 15 heavy (non-hydrogen) atoms. The van der Waals surface area contributed by atoms with Gasteiger partial charge in [-0.3, -0.25) is 10.4 Å². The van der Waals surface area contributed by atoms with Crippen molar-refractivity contribution in [1.82, 2.24) is 5.43 Å². The summed E-state index contributed by atoms with van der Waals surface area (Å²) in [5.41, 5.74) is 1.85. The van der Waals surface area contributed by atoms with E-state index in [0.29, 0.717) is 4.47 Å². The maximum absolute atomic E-state index is 13.3. The van der Waals surface area contributed by atoms with Gasteiger partial charge in [-0.25, -0.2) is 14.6 Å². The first kappa shape index (κ1) is 11.9. The monoisotopic (exact) mass is 278 g/mol. The van der Waals surface area contributed by atoms with Crippen LogP contribution in [0.3, 0.4) is 0 Å². The van der Waals surface area contributed by atoms with E-state index in [1.54, 1.807) is 0 Å². The molecule has 0 unspecified atom stereocenters. The van der Waals surface area contributed by atoms with Crippen LogP contribution >= 0.6 is 15.9 Å². The lowest BCUT2D eigenvalue weighted by molar-refractivity contribution is 0.589. The Morgan fingerprint density at radius 2 is 1.93 bits per heavy atom. The van der Waals surface area contributed by atoms with Gasteiger partial charge in [0.25, 0.3) is 0 Å². The van der Waals surface area contributed by atoms with E-state index in [1.165, 1.54) is 7.05 Å². The molecule has 0 heterocycles. The molecule has 0 fully saturated rings. The summed E-state index contributed by atoms with van der Waals surface area (Å²) in [6.45, 7) is 0. The highest BCUT2D eigenvalue weighted by Gasteiger charge is 2.11. The highest BCUT2D eigenvalue weighted by atomic mass is 79.9. The molecule has 1 rings (SSSR count). The fourth-order valence-corrected chi connectivity index (χ4v) is 1.34. The SMILES string of the molecule is CN=C(NN)Nc1c(F)cc(Br)cc1F. The van der Waals surface area contributed by atoms with E-state index in [9.17, 15) is 8.78 Å². The van der Waals surface area contributed by atoms with Crippen LogP contribution in [0.2, 0.25) is 0 Å². The van der Waals surface area contributed by atoms with Gasteiger partial charge in [-0.2, -0.15) is 0 Å². The first-order valence-corrected chi connectivity index (χ1v) is 4.72. The largest absolute Gasteiger partial charge is 0.320 e. The van der Waals surface area contributed by atoms with E-state index >= 15 is 0 Å². The number of guanidine groups is 1. The third kappa shape index (κ3) is 2.87. The van der Waals surface area contributed by atoms with Crippen molar-refractivity contribution in [1.29, 1.82) is 0 Å². The minimum absolute atomic E-state index is 0.0649.